The van der Waals surface area contributed by atoms with Crippen LogP contribution in [0.25, 0.3) is 0 Å². The van der Waals surface area contributed by atoms with Gasteiger partial charge in [-0.05, 0) is 27.2 Å². The van der Waals surface area contributed by atoms with Crippen LogP contribution < -0.4 is 10.6 Å². The second kappa shape index (κ2) is 9.34. The van der Waals surface area contributed by atoms with Crippen LogP contribution in [0.1, 0.15) is 37.6 Å². The molecule has 0 saturated carbocycles. The summed E-state index contributed by atoms with van der Waals surface area (Å²) in [5.74, 6) is 0.854. The molecule has 0 aromatic carbocycles. The van der Waals surface area contributed by atoms with Crippen LogP contribution in [0.5, 0.6) is 0 Å². The molecule has 1 aliphatic heterocycles. The Balaban J connectivity index is 1.90. The second-order valence-corrected chi connectivity index (χ2v) is 7.73. The number of thiazole rings is 1. The maximum Gasteiger partial charge on any atom is 0.191 e. The van der Waals surface area contributed by atoms with Crippen molar-refractivity contribution in [3.8, 4) is 0 Å². The fraction of sp³-hybridized carbons (Fsp3) is 0.765. The number of aliphatic imine (C=N–C) groups is 1. The predicted molar refractivity (Wildman–Crippen MR) is 101 cm³/mol. The molecular formula is C17H31N5OS. The Kier molecular flexibility index (Phi) is 7.45. The standard InChI is InChI=1S/C17H31N5OS/c1-5-14-11-19-15(24-14)12-20-16(18-6-2)21-13-17(3,4)22-7-9-23-10-8-22/h11H,5-10,12-13H2,1-4H3,(H2,18,20,21). The molecule has 1 fully saturated rings. The molecule has 7 heteroatoms. The first-order chi connectivity index (χ1) is 11.5. The van der Waals surface area contributed by atoms with Gasteiger partial charge in [0.2, 0.25) is 0 Å². The number of rotatable bonds is 7. The number of aryl methyl sites for hydroxylation is 1. The first-order valence-electron chi connectivity index (χ1n) is 8.83. The van der Waals surface area contributed by atoms with Gasteiger partial charge < -0.3 is 15.4 Å². The Hall–Kier alpha value is -1.18. The molecule has 0 aliphatic carbocycles. The smallest absolute Gasteiger partial charge is 0.191 e. The summed E-state index contributed by atoms with van der Waals surface area (Å²) in [6.45, 7) is 14.7. The van der Waals surface area contributed by atoms with Crippen molar-refractivity contribution >= 4 is 17.3 Å². The molecule has 0 radical (unpaired) electrons. The summed E-state index contributed by atoms with van der Waals surface area (Å²) in [4.78, 5) is 12.9. The van der Waals surface area contributed by atoms with Crippen LogP contribution >= 0.6 is 11.3 Å². The number of hydrogen-bond acceptors (Lipinski definition) is 5. The van der Waals surface area contributed by atoms with Crippen LogP contribution in [-0.4, -0.2) is 60.8 Å². The largest absolute Gasteiger partial charge is 0.379 e. The molecule has 1 aromatic rings. The van der Waals surface area contributed by atoms with E-state index in [2.05, 4.69) is 53.2 Å². The zero-order chi connectivity index (χ0) is 17.4. The summed E-state index contributed by atoms with van der Waals surface area (Å²) in [5, 5.41) is 7.87. The van der Waals surface area contributed by atoms with Crippen LogP contribution in [0.2, 0.25) is 0 Å². The van der Waals surface area contributed by atoms with E-state index < -0.39 is 0 Å². The van der Waals surface area contributed by atoms with Gasteiger partial charge in [0, 0.05) is 42.8 Å². The average Bonchev–Trinajstić information content (AvgIpc) is 3.06. The van der Waals surface area contributed by atoms with Gasteiger partial charge in [0.1, 0.15) is 5.01 Å². The third-order valence-electron chi connectivity index (χ3n) is 4.22. The van der Waals surface area contributed by atoms with Gasteiger partial charge in [-0.1, -0.05) is 6.92 Å². The van der Waals surface area contributed by atoms with Crippen LogP contribution in [-0.2, 0) is 17.7 Å². The molecule has 2 rings (SSSR count). The third-order valence-corrected chi connectivity index (χ3v) is 5.35. The van der Waals surface area contributed by atoms with Crippen LogP contribution in [0.4, 0.5) is 0 Å². The van der Waals surface area contributed by atoms with Crippen molar-refractivity contribution in [3.05, 3.63) is 16.1 Å². The van der Waals surface area contributed by atoms with Crippen molar-refractivity contribution < 1.29 is 4.74 Å². The number of hydrogen-bond donors (Lipinski definition) is 2. The monoisotopic (exact) mass is 353 g/mol. The Bertz CT molecular complexity index is 523. The molecule has 1 aromatic heterocycles. The summed E-state index contributed by atoms with van der Waals surface area (Å²) in [5.41, 5.74) is 0.0660. The lowest BCUT2D eigenvalue weighted by molar-refractivity contribution is -0.00834. The first-order valence-corrected chi connectivity index (χ1v) is 9.65. The van der Waals surface area contributed by atoms with Crippen LogP contribution in [0.3, 0.4) is 0 Å². The average molecular weight is 354 g/mol. The number of aromatic nitrogens is 1. The molecule has 2 N–H and O–H groups in total. The van der Waals surface area contributed by atoms with Gasteiger partial charge >= 0.3 is 0 Å². The fourth-order valence-electron chi connectivity index (χ4n) is 2.65. The molecule has 24 heavy (non-hydrogen) atoms. The number of guanidine groups is 1. The van der Waals surface area contributed by atoms with Crippen molar-refractivity contribution in [1.29, 1.82) is 0 Å². The first kappa shape index (κ1) is 19.1. The molecule has 0 atom stereocenters. The van der Waals surface area contributed by atoms with Crippen molar-refractivity contribution in [2.24, 2.45) is 4.99 Å². The maximum absolute atomic E-state index is 5.45. The Morgan fingerprint density at radius 3 is 2.71 bits per heavy atom. The van der Waals surface area contributed by atoms with Crippen molar-refractivity contribution in [1.82, 2.24) is 20.5 Å². The molecule has 0 bridgehead atoms. The molecule has 0 unspecified atom stereocenters. The summed E-state index contributed by atoms with van der Waals surface area (Å²) >= 11 is 1.74. The Morgan fingerprint density at radius 2 is 2.08 bits per heavy atom. The molecule has 6 nitrogen and oxygen atoms in total. The zero-order valence-corrected chi connectivity index (χ0v) is 16.2. The summed E-state index contributed by atoms with van der Waals surface area (Å²) in [6.07, 6.45) is 2.99. The van der Waals surface area contributed by atoms with E-state index in [1.807, 2.05) is 6.20 Å². The fourth-order valence-corrected chi connectivity index (χ4v) is 3.44. The maximum atomic E-state index is 5.45. The number of morpholine rings is 1. The van der Waals surface area contributed by atoms with Crippen LogP contribution in [0.15, 0.2) is 11.2 Å². The van der Waals surface area contributed by atoms with Crippen LogP contribution in [0, 0.1) is 0 Å². The summed E-state index contributed by atoms with van der Waals surface area (Å²) in [6, 6.07) is 0. The second-order valence-electron chi connectivity index (χ2n) is 6.53. The van der Waals surface area contributed by atoms with Gasteiger partial charge in [0.05, 0.1) is 19.8 Å². The lowest BCUT2D eigenvalue weighted by Crippen LogP contribution is -2.56. The Morgan fingerprint density at radius 1 is 1.33 bits per heavy atom. The zero-order valence-electron chi connectivity index (χ0n) is 15.4. The minimum absolute atomic E-state index is 0.0660. The van der Waals surface area contributed by atoms with E-state index in [0.29, 0.717) is 6.54 Å². The van der Waals surface area contributed by atoms with Crippen molar-refractivity contribution in [2.45, 2.75) is 46.2 Å². The van der Waals surface area contributed by atoms with Gasteiger partial charge in [-0.3, -0.25) is 4.90 Å². The highest BCUT2D eigenvalue weighted by molar-refractivity contribution is 7.11. The van der Waals surface area contributed by atoms with Crippen molar-refractivity contribution in [2.75, 3.05) is 39.4 Å². The number of nitrogens with one attached hydrogen (secondary N) is 2. The van der Waals surface area contributed by atoms with Gasteiger partial charge in [-0.15, -0.1) is 11.3 Å². The predicted octanol–water partition coefficient (Wildman–Crippen LogP) is 1.87. The van der Waals surface area contributed by atoms with Gasteiger partial charge in [0.15, 0.2) is 5.96 Å². The van der Waals surface area contributed by atoms with E-state index in [4.69, 9.17) is 4.74 Å². The van der Waals surface area contributed by atoms with Gasteiger partial charge in [0.25, 0.3) is 0 Å². The molecule has 1 aliphatic rings. The molecule has 1 saturated heterocycles. The number of nitrogens with zero attached hydrogens (tertiary/aromatic N) is 3. The summed E-state index contributed by atoms with van der Waals surface area (Å²) in [7, 11) is 0. The Labute approximate surface area is 149 Å². The van der Waals surface area contributed by atoms with Gasteiger partial charge in [-0.2, -0.15) is 0 Å². The third kappa shape index (κ3) is 5.72. The molecule has 136 valence electrons. The van der Waals surface area contributed by atoms with Crippen molar-refractivity contribution in [3.63, 3.8) is 0 Å². The molecule has 0 spiro atoms. The molecular weight excluding hydrogens is 322 g/mol. The lowest BCUT2D eigenvalue weighted by atomic mass is 10.0. The topological polar surface area (TPSA) is 61.8 Å². The minimum Gasteiger partial charge on any atom is -0.379 e. The highest BCUT2D eigenvalue weighted by atomic mass is 32.1. The van der Waals surface area contributed by atoms with Gasteiger partial charge in [-0.25, -0.2) is 9.98 Å². The lowest BCUT2D eigenvalue weighted by Gasteiger charge is -2.41. The van der Waals surface area contributed by atoms with E-state index in [1.165, 1.54) is 4.88 Å². The molecule has 0 amide bonds. The minimum atomic E-state index is 0.0660. The highest BCUT2D eigenvalue weighted by Gasteiger charge is 2.28. The normalized spacial score (nSPS) is 17.1. The van der Waals surface area contributed by atoms with E-state index in [9.17, 15) is 0 Å². The number of ether oxygens (including phenoxy) is 1. The van der Waals surface area contributed by atoms with E-state index in [0.717, 1.165) is 56.8 Å². The highest BCUT2D eigenvalue weighted by Crippen LogP contribution is 2.16. The summed E-state index contributed by atoms with van der Waals surface area (Å²) < 4.78 is 5.45. The quantitative estimate of drug-likeness (QED) is 0.579. The van der Waals surface area contributed by atoms with E-state index in [1.54, 1.807) is 11.3 Å². The molecule has 2 heterocycles. The van der Waals surface area contributed by atoms with E-state index in [-0.39, 0.29) is 5.54 Å². The van der Waals surface area contributed by atoms with E-state index >= 15 is 0 Å². The SMILES string of the molecule is CCNC(=NCc1ncc(CC)s1)NCC(C)(C)N1CCOCC1.